The highest BCUT2D eigenvalue weighted by Gasteiger charge is 2.18. The largest absolute Gasteiger partial charge is 0.497 e. The number of nitrogens with one attached hydrogen (secondary N) is 1. The van der Waals surface area contributed by atoms with E-state index in [0.717, 1.165) is 33.8 Å². The maximum Gasteiger partial charge on any atom is 0.154 e. The highest BCUT2D eigenvalue weighted by Crippen LogP contribution is 2.29. The average Bonchev–Trinajstić information content (AvgIpc) is 2.87. The third-order valence-electron chi connectivity index (χ3n) is 4.18. The van der Waals surface area contributed by atoms with Gasteiger partial charge in [0, 0.05) is 26.7 Å². The molecule has 1 N–H and O–H groups in total. The summed E-state index contributed by atoms with van der Waals surface area (Å²) in [6, 6.07) is 20.7. The van der Waals surface area contributed by atoms with Gasteiger partial charge in [0.1, 0.15) is 11.5 Å². The van der Waals surface area contributed by atoms with E-state index in [1.165, 1.54) is 0 Å². The van der Waals surface area contributed by atoms with Gasteiger partial charge in [-0.15, -0.1) is 0 Å². The van der Waals surface area contributed by atoms with E-state index >= 15 is 0 Å². The molecule has 0 saturated carbocycles. The van der Waals surface area contributed by atoms with E-state index in [-0.39, 0.29) is 0 Å². The maximum atomic E-state index is 6.24. The molecule has 27 heavy (non-hydrogen) atoms. The van der Waals surface area contributed by atoms with Crippen molar-refractivity contribution in [1.29, 1.82) is 0 Å². The van der Waals surface area contributed by atoms with Crippen molar-refractivity contribution in [3.8, 4) is 5.75 Å². The molecule has 0 aliphatic carbocycles. The maximum absolute atomic E-state index is 6.24. The van der Waals surface area contributed by atoms with Gasteiger partial charge in [-0.25, -0.2) is 4.99 Å². The minimum Gasteiger partial charge on any atom is -0.497 e. The number of nitrogens with zero attached hydrogens (tertiary/aromatic N) is 2. The van der Waals surface area contributed by atoms with Gasteiger partial charge in [-0.2, -0.15) is 5.10 Å². The molecule has 1 aliphatic rings. The third-order valence-corrected chi connectivity index (χ3v) is 4.65. The lowest BCUT2D eigenvalue weighted by Gasteiger charge is -2.08. The number of halogens is 2. The van der Waals surface area contributed by atoms with E-state index in [2.05, 4.69) is 10.5 Å². The van der Waals surface area contributed by atoms with Crippen molar-refractivity contribution in [3.05, 3.63) is 93.5 Å². The van der Waals surface area contributed by atoms with Crippen molar-refractivity contribution in [2.75, 3.05) is 7.11 Å². The topological polar surface area (TPSA) is 46.0 Å². The summed E-state index contributed by atoms with van der Waals surface area (Å²) in [4.78, 5) is 4.76. The van der Waals surface area contributed by atoms with Gasteiger partial charge >= 0.3 is 0 Å². The Morgan fingerprint density at radius 2 is 1.63 bits per heavy atom. The van der Waals surface area contributed by atoms with Gasteiger partial charge < -0.3 is 4.74 Å². The van der Waals surface area contributed by atoms with Crippen LogP contribution < -0.4 is 10.2 Å². The van der Waals surface area contributed by atoms with Gasteiger partial charge in [-0.05, 0) is 54.6 Å². The Hall–Kier alpha value is -2.82. The molecule has 0 amide bonds. The van der Waals surface area contributed by atoms with Gasteiger partial charge in [0.05, 0.1) is 12.8 Å². The fourth-order valence-corrected chi connectivity index (χ4v) is 3.21. The first kappa shape index (κ1) is 17.6. The second-order valence-corrected chi connectivity index (χ2v) is 6.81. The molecule has 134 valence electrons. The Kier molecular flexibility index (Phi) is 4.84. The summed E-state index contributed by atoms with van der Waals surface area (Å²) >= 11 is 12.4. The van der Waals surface area contributed by atoms with Crippen LogP contribution >= 0.6 is 23.2 Å². The first-order chi connectivity index (χ1) is 13.1. The number of hydrogen-bond donors (Lipinski definition) is 1. The Bertz CT molecular complexity index is 1060. The van der Waals surface area contributed by atoms with Crippen molar-refractivity contribution >= 4 is 40.4 Å². The van der Waals surface area contributed by atoms with E-state index in [1.54, 1.807) is 7.11 Å². The van der Waals surface area contributed by atoms with Gasteiger partial charge in [0.2, 0.25) is 0 Å². The predicted octanol–water partition coefficient (Wildman–Crippen LogP) is 5.44. The summed E-state index contributed by atoms with van der Waals surface area (Å²) in [6.07, 6.45) is 0. The van der Waals surface area contributed by atoms with Crippen molar-refractivity contribution in [1.82, 2.24) is 5.43 Å². The van der Waals surface area contributed by atoms with Crippen molar-refractivity contribution in [2.45, 2.75) is 0 Å². The van der Waals surface area contributed by atoms with E-state index in [9.17, 15) is 0 Å². The lowest BCUT2D eigenvalue weighted by molar-refractivity contribution is 0.415. The number of rotatable bonds is 3. The lowest BCUT2D eigenvalue weighted by Crippen LogP contribution is -2.19. The van der Waals surface area contributed by atoms with Crippen LogP contribution in [0.15, 0.2) is 76.8 Å². The summed E-state index contributed by atoms with van der Waals surface area (Å²) < 4.78 is 5.22. The molecule has 0 spiro atoms. The number of aliphatic imine (C=N–C) groups is 1. The van der Waals surface area contributed by atoms with Crippen LogP contribution in [0.25, 0.3) is 0 Å². The number of ether oxygens (including phenoxy) is 1. The van der Waals surface area contributed by atoms with E-state index in [0.29, 0.717) is 15.9 Å². The zero-order chi connectivity index (χ0) is 18.8. The molecule has 4 nitrogen and oxygen atoms in total. The van der Waals surface area contributed by atoms with Crippen LogP contribution in [-0.2, 0) is 0 Å². The molecule has 4 rings (SSSR count). The quantitative estimate of drug-likeness (QED) is 0.641. The summed E-state index contributed by atoms with van der Waals surface area (Å²) in [6.45, 7) is 0. The smallest absolute Gasteiger partial charge is 0.154 e. The molecular weight excluding hydrogens is 381 g/mol. The van der Waals surface area contributed by atoms with Crippen LogP contribution in [0, 0.1) is 0 Å². The highest BCUT2D eigenvalue weighted by molar-refractivity contribution is 6.32. The van der Waals surface area contributed by atoms with Crippen molar-refractivity contribution in [2.24, 2.45) is 10.1 Å². The number of fused-ring (bicyclic) bond motifs is 1. The molecule has 0 fully saturated rings. The van der Waals surface area contributed by atoms with Crippen LogP contribution in [0.2, 0.25) is 10.0 Å². The zero-order valence-electron chi connectivity index (χ0n) is 14.4. The minimum atomic E-state index is 0.617. The Balaban J connectivity index is 1.84. The molecule has 6 heteroatoms. The molecule has 0 atom stereocenters. The zero-order valence-corrected chi connectivity index (χ0v) is 15.9. The second-order valence-electron chi connectivity index (χ2n) is 5.93. The molecule has 3 aromatic rings. The van der Waals surface area contributed by atoms with Gasteiger partial charge in [0.15, 0.2) is 5.84 Å². The van der Waals surface area contributed by atoms with Crippen LogP contribution in [0.3, 0.4) is 0 Å². The molecular formula is C21H15Cl2N3O. The fourth-order valence-electron chi connectivity index (χ4n) is 2.84. The van der Waals surface area contributed by atoms with E-state index in [1.807, 2.05) is 66.7 Å². The van der Waals surface area contributed by atoms with Crippen LogP contribution in [0.1, 0.15) is 16.7 Å². The lowest BCUT2D eigenvalue weighted by atomic mass is 10.0. The Morgan fingerprint density at radius 3 is 2.37 bits per heavy atom. The second kappa shape index (κ2) is 7.43. The third kappa shape index (κ3) is 3.68. The minimum absolute atomic E-state index is 0.617. The molecule has 0 aromatic heterocycles. The van der Waals surface area contributed by atoms with Crippen LogP contribution in [0.4, 0.5) is 5.69 Å². The standard InChI is InChI=1S/C21H15Cl2N3O/c1-27-17-8-5-13(6-9-17)21-24-19-10-7-16(23)12-18(19)20(25-26-21)14-3-2-4-15(22)11-14/h2-12H,1H3,(H,24,26). The number of methoxy groups -OCH3 is 1. The fraction of sp³-hybridized carbons (Fsp3) is 0.0476. The summed E-state index contributed by atoms with van der Waals surface area (Å²) in [7, 11) is 1.64. The number of hydrazone groups is 1. The van der Waals surface area contributed by atoms with Gasteiger partial charge in [-0.3, -0.25) is 5.43 Å². The van der Waals surface area contributed by atoms with E-state index in [4.69, 9.17) is 32.9 Å². The first-order valence-corrected chi connectivity index (χ1v) is 9.02. The summed E-state index contributed by atoms with van der Waals surface area (Å²) in [5, 5.41) is 5.86. The van der Waals surface area contributed by atoms with Crippen LogP contribution in [0.5, 0.6) is 5.75 Å². The molecule has 3 aromatic carbocycles. The highest BCUT2D eigenvalue weighted by atomic mass is 35.5. The number of amidine groups is 1. The Morgan fingerprint density at radius 1 is 0.852 bits per heavy atom. The monoisotopic (exact) mass is 395 g/mol. The SMILES string of the molecule is COc1ccc(C2=Nc3ccc(Cl)cc3C(c3cccc(Cl)c3)=NN2)cc1. The van der Waals surface area contributed by atoms with Gasteiger partial charge in [0.25, 0.3) is 0 Å². The Labute approximate surface area is 167 Å². The number of hydrogen-bond acceptors (Lipinski definition) is 4. The van der Waals surface area contributed by atoms with Crippen LogP contribution in [-0.4, -0.2) is 18.7 Å². The van der Waals surface area contributed by atoms with E-state index < -0.39 is 0 Å². The molecule has 0 bridgehead atoms. The van der Waals surface area contributed by atoms with Crippen molar-refractivity contribution in [3.63, 3.8) is 0 Å². The molecule has 0 saturated heterocycles. The first-order valence-electron chi connectivity index (χ1n) is 8.27. The summed E-state index contributed by atoms with van der Waals surface area (Å²) in [5.74, 6) is 1.42. The number of benzene rings is 3. The van der Waals surface area contributed by atoms with Crippen molar-refractivity contribution < 1.29 is 4.74 Å². The molecule has 1 aliphatic heterocycles. The molecule has 0 unspecified atom stereocenters. The summed E-state index contributed by atoms with van der Waals surface area (Å²) in [5.41, 5.74) is 7.19. The molecule has 1 heterocycles. The predicted molar refractivity (Wildman–Crippen MR) is 111 cm³/mol. The van der Waals surface area contributed by atoms with Gasteiger partial charge in [-0.1, -0.05) is 35.3 Å². The normalized spacial score (nSPS) is 13.0. The molecule has 0 radical (unpaired) electrons. The average molecular weight is 396 g/mol.